The third-order valence-electron chi connectivity index (χ3n) is 23.7. The molecule has 4 aliphatic heterocycles. The second kappa shape index (κ2) is 27.8. The minimum absolute atomic E-state index is 0.0328. The highest BCUT2D eigenvalue weighted by atomic mass is 31.2. The van der Waals surface area contributed by atoms with E-state index < -0.39 is 46.0 Å². The summed E-state index contributed by atoms with van der Waals surface area (Å²) in [6, 6.07) is 19.3. The van der Waals surface area contributed by atoms with Gasteiger partial charge in [0.25, 0.3) is 0 Å². The van der Waals surface area contributed by atoms with Crippen LogP contribution in [-0.4, -0.2) is 52.2 Å². The molecule has 0 saturated carbocycles. The fourth-order valence-corrected chi connectivity index (χ4v) is 15.2. The van der Waals surface area contributed by atoms with Gasteiger partial charge >= 0.3 is 17.2 Å². The summed E-state index contributed by atoms with van der Waals surface area (Å²) in [7, 11) is -3.93. The summed E-state index contributed by atoms with van der Waals surface area (Å²) in [4.78, 5) is 0. The van der Waals surface area contributed by atoms with Crippen molar-refractivity contribution >= 4 is 17.2 Å². The first-order valence-electron chi connectivity index (χ1n) is 35.8. The molecule has 520 valence electrons. The lowest BCUT2D eigenvalue weighted by molar-refractivity contribution is -0.336. The van der Waals surface area contributed by atoms with Crippen LogP contribution in [0.5, 0.6) is 23.0 Å². The van der Waals surface area contributed by atoms with Gasteiger partial charge in [-0.2, -0.15) is 0 Å². The van der Waals surface area contributed by atoms with Crippen molar-refractivity contribution in [1.82, 2.24) is 0 Å². The molecule has 12 heteroatoms. The monoisotopic (exact) mass is 1320 g/mol. The molecule has 0 amide bonds. The van der Waals surface area contributed by atoms with E-state index in [-0.39, 0.29) is 56.5 Å². The Morgan fingerprint density at radius 2 is 0.527 bits per heavy atom. The van der Waals surface area contributed by atoms with E-state index in [1.807, 2.05) is 0 Å². The minimum Gasteiger partial charge on any atom is -0.417 e. The maximum atomic E-state index is 7.30. The Morgan fingerprint density at radius 3 is 0.720 bits per heavy atom. The maximum absolute atomic E-state index is 7.30. The van der Waals surface area contributed by atoms with E-state index in [0.29, 0.717) is 39.3 Å². The van der Waals surface area contributed by atoms with Crippen LogP contribution in [0.15, 0.2) is 48.5 Å². The fraction of sp³-hybridized carbons (Fsp3) is 0.704. The van der Waals surface area contributed by atoms with E-state index in [1.165, 1.54) is 66.8 Å². The first kappa shape index (κ1) is 75.5. The molecule has 10 nitrogen and oxygen atoms in total. The molecule has 8 rings (SSSR count). The highest BCUT2D eigenvalue weighted by molar-refractivity contribution is 7.43. The lowest BCUT2D eigenvalue weighted by Gasteiger charge is -2.48. The Bertz CT molecular complexity index is 2860. The normalized spacial score (nSPS) is 20.2. The maximum Gasteiger partial charge on any atom is 0.463 e. The molecule has 0 aliphatic carbocycles. The summed E-state index contributed by atoms with van der Waals surface area (Å²) < 4.78 is 70.5. The van der Waals surface area contributed by atoms with E-state index >= 15 is 0 Å². The molecule has 0 atom stereocenters. The number of rotatable bonds is 24. The van der Waals surface area contributed by atoms with Gasteiger partial charge in [0.2, 0.25) is 0 Å². The molecule has 1 spiro atoms. The van der Waals surface area contributed by atoms with Crippen LogP contribution in [0.3, 0.4) is 0 Å². The number of hydrogen-bond acceptors (Lipinski definition) is 10. The van der Waals surface area contributed by atoms with Crippen LogP contribution in [0.25, 0.3) is 0 Å². The van der Waals surface area contributed by atoms with Crippen molar-refractivity contribution in [2.75, 3.05) is 39.6 Å². The predicted octanol–water partition coefficient (Wildman–Crippen LogP) is 22.9. The van der Waals surface area contributed by atoms with Gasteiger partial charge in [0, 0.05) is 45.9 Å². The van der Waals surface area contributed by atoms with Crippen LogP contribution in [0.4, 0.5) is 0 Å². The Hall–Kier alpha value is -3.30. The smallest absolute Gasteiger partial charge is 0.417 e. The summed E-state index contributed by atoms with van der Waals surface area (Å²) in [6.45, 7) is 66.5. The quantitative estimate of drug-likeness (QED) is 0.0632. The van der Waals surface area contributed by atoms with Gasteiger partial charge in [-0.1, -0.05) is 242 Å². The van der Waals surface area contributed by atoms with E-state index in [0.717, 1.165) is 74.4 Å². The first-order chi connectivity index (χ1) is 43.0. The molecule has 2 fully saturated rings. The average Bonchev–Trinajstić information content (AvgIpc) is 0.757. The molecule has 0 bridgehead atoms. The molecule has 0 radical (unpaired) electrons. The van der Waals surface area contributed by atoms with Crippen LogP contribution >= 0.6 is 17.2 Å². The average molecular weight is 1320 g/mol. The van der Waals surface area contributed by atoms with Gasteiger partial charge in [0.1, 0.15) is 23.0 Å². The molecule has 4 aliphatic rings. The molecule has 4 aromatic rings. The summed E-state index contributed by atoms with van der Waals surface area (Å²) in [5.41, 5.74) is 12.3. The molecule has 93 heavy (non-hydrogen) atoms. The fourth-order valence-electron chi connectivity index (χ4n) is 12.5. The van der Waals surface area contributed by atoms with Crippen LogP contribution in [0.1, 0.15) is 312 Å². The number of ether oxygens (including phenoxy) is 4. The summed E-state index contributed by atoms with van der Waals surface area (Å²) >= 11 is 0. The van der Waals surface area contributed by atoms with Crippen molar-refractivity contribution in [3.05, 3.63) is 115 Å². The van der Waals surface area contributed by atoms with Crippen molar-refractivity contribution < 1.29 is 46.1 Å². The topological polar surface area (TPSA) is 92.3 Å². The van der Waals surface area contributed by atoms with E-state index in [2.05, 4.69) is 242 Å². The van der Waals surface area contributed by atoms with Gasteiger partial charge in [0.05, 0.1) is 45.1 Å². The number of fused-ring (bicyclic) bond motifs is 4. The van der Waals surface area contributed by atoms with Gasteiger partial charge in [-0.3, -0.25) is 9.05 Å². The van der Waals surface area contributed by atoms with Crippen LogP contribution in [0, 0.1) is 16.2 Å². The van der Waals surface area contributed by atoms with Gasteiger partial charge in [-0.15, -0.1) is 0 Å². The van der Waals surface area contributed by atoms with Gasteiger partial charge in [-0.05, 0) is 139 Å². The van der Waals surface area contributed by atoms with Crippen LogP contribution < -0.4 is 18.1 Å². The Kier molecular flexibility index (Phi) is 22.5. The first-order valence-corrected chi connectivity index (χ1v) is 38.0. The summed E-state index contributed by atoms with van der Waals surface area (Å²) in [5, 5.41) is 0. The Morgan fingerprint density at radius 1 is 0.323 bits per heavy atom. The van der Waals surface area contributed by atoms with E-state index in [9.17, 15) is 0 Å². The molecule has 0 unspecified atom stereocenters. The van der Waals surface area contributed by atoms with Crippen molar-refractivity contribution in [2.45, 2.75) is 314 Å². The highest BCUT2D eigenvalue weighted by Crippen LogP contribution is 2.58. The van der Waals surface area contributed by atoms with E-state index in [4.69, 9.17) is 46.1 Å². The minimum atomic E-state index is -1.96. The third kappa shape index (κ3) is 15.9. The zero-order valence-electron chi connectivity index (χ0n) is 63.6. The SMILES string of the molecule is CCC(C)(C)c1cc2c(c(C(C)(C)CC)c1)OP(OCC(C)(C)C1OCC3(CO1)COC(C(C)(C)COP1Oc4c(cc(C(C)(C)CC)cc4C(C)(C)CC)Cc4cc(C(C)(C)CC)cc(C(C)(C)CC)c4O1)OC3)Oc1c(cc(C(C)(C)CC)cc1C(C)(C)CC)C2. The lowest BCUT2D eigenvalue weighted by atomic mass is 9.73. The summed E-state index contributed by atoms with van der Waals surface area (Å²) in [6.07, 6.45) is 8.09. The number of hydrogen-bond donors (Lipinski definition) is 0. The van der Waals surface area contributed by atoms with Crippen molar-refractivity contribution in [3.63, 3.8) is 0 Å². The highest BCUT2D eigenvalue weighted by Gasteiger charge is 2.50. The predicted molar refractivity (Wildman–Crippen MR) is 388 cm³/mol. The van der Waals surface area contributed by atoms with Crippen molar-refractivity contribution in [3.8, 4) is 23.0 Å². The van der Waals surface area contributed by atoms with E-state index in [1.54, 1.807) is 0 Å². The second-order valence-corrected chi connectivity index (χ2v) is 37.2. The molecule has 2 saturated heterocycles. The molecular weight excluding hydrogens is 1190 g/mol. The molecule has 0 N–H and O–H groups in total. The largest absolute Gasteiger partial charge is 0.463 e. The molecule has 0 aromatic heterocycles. The van der Waals surface area contributed by atoms with Gasteiger partial charge in [0.15, 0.2) is 12.6 Å². The molecule has 4 aromatic carbocycles. The zero-order valence-corrected chi connectivity index (χ0v) is 65.4. The molecular formula is C81H126O10P2. The van der Waals surface area contributed by atoms with Gasteiger partial charge < -0.3 is 37.0 Å². The Balaban J connectivity index is 1.02. The summed E-state index contributed by atoms with van der Waals surface area (Å²) in [5.74, 6) is 3.52. The number of benzene rings is 4. The lowest BCUT2D eigenvalue weighted by Crippen LogP contribution is -2.57. The standard InChI is InChI=1S/C81H126O10P2/c1-29-71(9,10)57-39-53-37-54-40-58(72(11,12)30-2)44-62(76(19,20)34-6)66(54)89-92(88-65(53)61(43-57)75(17,18)33-5)86-47-79(25,26)69-82-49-81(50-83-69)51-84-70(85-52-81)80(27,28)48-87-93-90-67-55(41-59(73(13,14)31-3)45-63(67)77(21,22)35-7)38-56-42-60(74(15,16)32-4)46-64(68(56)91-93)78(23,24)36-8/h39-46,69-70H,29-38,47-52H2,1-28H3. The van der Waals surface area contributed by atoms with Crippen molar-refractivity contribution in [1.29, 1.82) is 0 Å². The van der Waals surface area contributed by atoms with Crippen LogP contribution in [0.2, 0.25) is 0 Å². The van der Waals surface area contributed by atoms with Crippen LogP contribution in [-0.2, 0) is 84.2 Å². The Labute approximate surface area is 568 Å². The second-order valence-electron chi connectivity index (χ2n) is 35.0. The zero-order chi connectivity index (χ0) is 69.1. The van der Waals surface area contributed by atoms with Gasteiger partial charge in [-0.25, -0.2) is 0 Å². The van der Waals surface area contributed by atoms with Crippen molar-refractivity contribution in [2.24, 2.45) is 16.2 Å². The third-order valence-corrected chi connectivity index (χ3v) is 25.7. The molecule has 4 heterocycles.